The first-order chi connectivity index (χ1) is 12.9. The Labute approximate surface area is 161 Å². The van der Waals surface area contributed by atoms with E-state index in [1.165, 1.54) is 5.56 Å². The van der Waals surface area contributed by atoms with Gasteiger partial charge in [0.15, 0.2) is 0 Å². The van der Waals surface area contributed by atoms with Crippen molar-refractivity contribution in [2.45, 2.75) is 27.7 Å². The first kappa shape index (κ1) is 20.5. The Kier molecular flexibility index (Phi) is 7.41. The van der Waals surface area contributed by atoms with Gasteiger partial charge < -0.3 is 15.5 Å². The minimum Gasteiger partial charge on any atom is -0.370 e. The number of likely N-dealkylation sites (N-methyl/N-ethyl adjacent to an activating group) is 1. The van der Waals surface area contributed by atoms with E-state index in [4.69, 9.17) is 0 Å². The average Bonchev–Trinajstić information content (AvgIpc) is 2.65. The summed E-state index contributed by atoms with van der Waals surface area (Å²) in [7, 11) is 0. The Hall–Kier alpha value is -2.82. The van der Waals surface area contributed by atoms with Gasteiger partial charge in [-0.15, -0.1) is 0 Å². The summed E-state index contributed by atoms with van der Waals surface area (Å²) in [5, 5.41) is 5.78. The van der Waals surface area contributed by atoms with Gasteiger partial charge in [0.1, 0.15) is 0 Å². The zero-order chi connectivity index (χ0) is 19.8. The molecule has 2 N–H and O–H groups in total. The number of nitrogens with one attached hydrogen (secondary N) is 2. The number of aryl methyl sites for hydroxylation is 1. The predicted molar refractivity (Wildman–Crippen MR) is 111 cm³/mol. The summed E-state index contributed by atoms with van der Waals surface area (Å²) in [6.45, 7) is 10.0. The molecule has 0 heterocycles. The zero-order valence-electron chi connectivity index (χ0n) is 16.6. The lowest BCUT2D eigenvalue weighted by Crippen LogP contribution is -2.35. The van der Waals surface area contributed by atoms with Crippen LogP contribution in [0.25, 0.3) is 0 Å². The van der Waals surface area contributed by atoms with Crippen molar-refractivity contribution in [2.24, 2.45) is 5.92 Å². The minimum absolute atomic E-state index is 0.0389. The second kappa shape index (κ2) is 9.76. The maximum Gasteiger partial charge on any atom is 0.251 e. The van der Waals surface area contributed by atoms with Crippen LogP contribution in [0.4, 0.5) is 11.4 Å². The molecule has 0 atom stereocenters. The van der Waals surface area contributed by atoms with Crippen molar-refractivity contribution in [3.8, 4) is 0 Å². The van der Waals surface area contributed by atoms with Crippen LogP contribution in [-0.4, -0.2) is 31.4 Å². The van der Waals surface area contributed by atoms with Crippen LogP contribution in [0.15, 0.2) is 48.5 Å². The van der Waals surface area contributed by atoms with Crippen molar-refractivity contribution in [2.75, 3.05) is 29.9 Å². The molecule has 5 nitrogen and oxygen atoms in total. The fourth-order valence-corrected chi connectivity index (χ4v) is 2.69. The highest BCUT2D eigenvalue weighted by Gasteiger charge is 2.10. The second-order valence-corrected chi connectivity index (χ2v) is 6.90. The molecule has 0 saturated heterocycles. The van der Waals surface area contributed by atoms with E-state index in [1.54, 1.807) is 24.3 Å². The lowest BCUT2D eigenvalue weighted by atomic mass is 10.1. The van der Waals surface area contributed by atoms with Gasteiger partial charge in [-0.2, -0.15) is 0 Å². The Balaban J connectivity index is 1.87. The number of carbonyl (C=O) groups is 2. The van der Waals surface area contributed by atoms with Crippen LogP contribution >= 0.6 is 0 Å². The van der Waals surface area contributed by atoms with Crippen molar-refractivity contribution in [3.63, 3.8) is 0 Å². The highest BCUT2D eigenvalue weighted by atomic mass is 16.2. The number of amides is 2. The van der Waals surface area contributed by atoms with Gasteiger partial charge in [0.05, 0.1) is 0 Å². The Morgan fingerprint density at radius 2 is 1.78 bits per heavy atom. The highest BCUT2D eigenvalue weighted by molar-refractivity contribution is 5.96. The average molecular weight is 367 g/mol. The summed E-state index contributed by atoms with van der Waals surface area (Å²) in [5.41, 5.74) is 3.66. The molecule has 0 bridgehead atoms. The molecule has 0 aliphatic heterocycles. The van der Waals surface area contributed by atoms with Gasteiger partial charge in [0.2, 0.25) is 5.91 Å². The van der Waals surface area contributed by atoms with Crippen LogP contribution in [0.3, 0.4) is 0 Å². The van der Waals surface area contributed by atoms with E-state index in [0.717, 1.165) is 18.8 Å². The van der Waals surface area contributed by atoms with Gasteiger partial charge in [0, 0.05) is 42.5 Å². The largest absolute Gasteiger partial charge is 0.370 e. The smallest absolute Gasteiger partial charge is 0.251 e. The zero-order valence-corrected chi connectivity index (χ0v) is 16.6. The number of rotatable bonds is 8. The van der Waals surface area contributed by atoms with E-state index in [1.807, 2.05) is 19.9 Å². The maximum absolute atomic E-state index is 12.3. The Morgan fingerprint density at radius 1 is 1.07 bits per heavy atom. The van der Waals surface area contributed by atoms with E-state index >= 15 is 0 Å². The molecule has 2 amide bonds. The highest BCUT2D eigenvalue weighted by Crippen LogP contribution is 2.15. The molecule has 2 aromatic rings. The fourth-order valence-electron chi connectivity index (χ4n) is 2.69. The van der Waals surface area contributed by atoms with Crippen LogP contribution in [0.2, 0.25) is 0 Å². The molecule has 144 valence electrons. The quantitative estimate of drug-likeness (QED) is 0.745. The topological polar surface area (TPSA) is 61.4 Å². The normalized spacial score (nSPS) is 10.6. The van der Waals surface area contributed by atoms with Crippen molar-refractivity contribution in [1.82, 2.24) is 5.32 Å². The molecular weight excluding hydrogens is 338 g/mol. The molecule has 0 unspecified atom stereocenters. The number of hydrogen-bond donors (Lipinski definition) is 2. The summed E-state index contributed by atoms with van der Waals surface area (Å²) < 4.78 is 0. The molecular formula is C22H29N3O2. The van der Waals surface area contributed by atoms with Crippen molar-refractivity contribution in [3.05, 3.63) is 59.7 Å². The molecule has 2 rings (SSSR count). The number of nitrogens with zero attached hydrogens (tertiary/aromatic N) is 1. The van der Waals surface area contributed by atoms with Gasteiger partial charge in [0.25, 0.3) is 5.91 Å². The minimum atomic E-state index is -0.114. The summed E-state index contributed by atoms with van der Waals surface area (Å²) in [6, 6.07) is 15.3. The van der Waals surface area contributed by atoms with E-state index < -0.39 is 0 Å². The summed E-state index contributed by atoms with van der Waals surface area (Å²) in [6.07, 6.45) is 0. The Morgan fingerprint density at radius 3 is 2.37 bits per heavy atom. The lowest BCUT2D eigenvalue weighted by Gasteiger charge is -2.23. The van der Waals surface area contributed by atoms with E-state index in [0.29, 0.717) is 17.8 Å². The summed E-state index contributed by atoms with van der Waals surface area (Å²) >= 11 is 0. The van der Waals surface area contributed by atoms with Crippen LogP contribution in [-0.2, 0) is 4.79 Å². The molecule has 0 aromatic heterocycles. The summed E-state index contributed by atoms with van der Waals surface area (Å²) in [5.74, 6) is -0.233. The first-order valence-electron chi connectivity index (χ1n) is 9.41. The van der Waals surface area contributed by atoms with Gasteiger partial charge in [-0.05, 0) is 55.8 Å². The van der Waals surface area contributed by atoms with Crippen molar-refractivity contribution in [1.29, 1.82) is 0 Å². The molecule has 0 saturated carbocycles. The molecule has 0 aliphatic carbocycles. The fraction of sp³-hybridized carbons (Fsp3) is 0.364. The number of hydrogen-bond acceptors (Lipinski definition) is 3. The van der Waals surface area contributed by atoms with Gasteiger partial charge in [-0.3, -0.25) is 9.59 Å². The third-order valence-corrected chi connectivity index (χ3v) is 4.35. The first-order valence-corrected chi connectivity index (χ1v) is 9.41. The Bertz CT molecular complexity index is 769. The summed E-state index contributed by atoms with van der Waals surface area (Å²) in [4.78, 5) is 26.3. The van der Waals surface area contributed by atoms with E-state index in [2.05, 4.69) is 47.6 Å². The molecule has 0 radical (unpaired) electrons. The molecule has 0 aliphatic rings. The molecule has 2 aromatic carbocycles. The maximum atomic E-state index is 12.3. The molecule has 0 fully saturated rings. The number of carbonyl (C=O) groups excluding carboxylic acids is 2. The van der Waals surface area contributed by atoms with Crippen molar-refractivity contribution < 1.29 is 9.59 Å². The molecule has 27 heavy (non-hydrogen) atoms. The second-order valence-electron chi connectivity index (χ2n) is 6.90. The number of benzene rings is 2. The van der Waals surface area contributed by atoms with Crippen LogP contribution in [0.1, 0.15) is 36.7 Å². The van der Waals surface area contributed by atoms with Crippen LogP contribution in [0.5, 0.6) is 0 Å². The van der Waals surface area contributed by atoms with E-state index in [-0.39, 0.29) is 17.7 Å². The van der Waals surface area contributed by atoms with Crippen LogP contribution < -0.4 is 15.5 Å². The van der Waals surface area contributed by atoms with Gasteiger partial charge in [-0.25, -0.2) is 0 Å². The monoisotopic (exact) mass is 367 g/mol. The van der Waals surface area contributed by atoms with E-state index in [9.17, 15) is 9.59 Å². The third kappa shape index (κ3) is 6.13. The van der Waals surface area contributed by atoms with Crippen molar-refractivity contribution >= 4 is 23.2 Å². The van der Waals surface area contributed by atoms with Gasteiger partial charge in [-0.1, -0.05) is 26.0 Å². The third-order valence-electron chi connectivity index (χ3n) is 4.35. The molecule has 0 spiro atoms. The number of anilines is 2. The van der Waals surface area contributed by atoms with Gasteiger partial charge >= 0.3 is 0 Å². The lowest BCUT2D eigenvalue weighted by molar-refractivity contribution is -0.118. The van der Waals surface area contributed by atoms with Crippen LogP contribution in [0, 0.1) is 12.8 Å². The SMILES string of the molecule is CCN(CCNC(=O)c1ccc(NC(=O)C(C)C)cc1)c1cccc(C)c1. The predicted octanol–water partition coefficient (Wildman–Crippen LogP) is 3.85. The molecule has 5 heteroatoms. The standard InChI is InChI=1S/C22H29N3O2/c1-5-25(20-8-6-7-17(4)15-20)14-13-23-22(27)18-9-11-19(12-10-18)24-21(26)16(2)3/h6-12,15-16H,5,13-14H2,1-4H3,(H,23,27)(H,24,26).